The third kappa shape index (κ3) is 2.98. The second-order valence-electron chi connectivity index (χ2n) is 6.25. The van der Waals surface area contributed by atoms with Gasteiger partial charge in [-0.1, -0.05) is 11.6 Å². The van der Waals surface area contributed by atoms with Crippen LogP contribution in [0.2, 0.25) is 5.02 Å². The lowest BCUT2D eigenvalue weighted by Crippen LogP contribution is -2.46. The predicted molar refractivity (Wildman–Crippen MR) is 92.3 cm³/mol. The normalized spacial score (nSPS) is 18.8. The van der Waals surface area contributed by atoms with E-state index in [-0.39, 0.29) is 0 Å². The van der Waals surface area contributed by atoms with Gasteiger partial charge in [0.2, 0.25) is 0 Å². The topological polar surface area (TPSA) is 45.2 Å². The molecule has 2 aromatic heterocycles. The van der Waals surface area contributed by atoms with Crippen LogP contribution < -0.4 is 9.80 Å². The minimum absolute atomic E-state index is 0.429. The van der Waals surface area contributed by atoms with Crippen LogP contribution in [0.3, 0.4) is 0 Å². The fourth-order valence-electron chi connectivity index (χ4n) is 3.37. The van der Waals surface area contributed by atoms with Gasteiger partial charge in [0.25, 0.3) is 0 Å². The molecule has 4 rings (SSSR count). The van der Waals surface area contributed by atoms with Crippen molar-refractivity contribution in [2.45, 2.75) is 25.2 Å². The van der Waals surface area contributed by atoms with Gasteiger partial charge in [-0.25, -0.2) is 9.97 Å². The minimum Gasteiger partial charge on any atom is -0.355 e. The van der Waals surface area contributed by atoms with E-state index in [1.54, 1.807) is 6.20 Å². The molecule has 0 aliphatic carbocycles. The molecule has 0 aromatic carbocycles. The van der Waals surface area contributed by atoms with E-state index in [1.165, 1.54) is 19.3 Å². The number of hydrogen-bond donors (Lipinski definition) is 0. The minimum atomic E-state index is 0.429. The van der Waals surface area contributed by atoms with Gasteiger partial charge >= 0.3 is 0 Å². The third-order valence-electron chi connectivity index (χ3n) is 4.67. The average molecular weight is 330 g/mol. The van der Waals surface area contributed by atoms with Gasteiger partial charge in [0.05, 0.1) is 10.7 Å². The maximum atomic E-state index is 5.90. The fourth-order valence-corrected chi connectivity index (χ4v) is 3.48. The Morgan fingerprint density at radius 3 is 2.43 bits per heavy atom. The molecule has 5 nitrogen and oxygen atoms in total. The van der Waals surface area contributed by atoms with Gasteiger partial charge in [0.1, 0.15) is 5.82 Å². The Labute approximate surface area is 141 Å². The van der Waals surface area contributed by atoms with Gasteiger partial charge in [-0.15, -0.1) is 0 Å². The highest BCUT2D eigenvalue weighted by molar-refractivity contribution is 6.30. The monoisotopic (exact) mass is 329 g/mol. The van der Waals surface area contributed by atoms with Gasteiger partial charge in [-0.3, -0.25) is 4.98 Å². The molecule has 23 heavy (non-hydrogen) atoms. The average Bonchev–Trinajstić information content (AvgIpc) is 2.57. The summed E-state index contributed by atoms with van der Waals surface area (Å²) in [6.45, 7) is 4.07. The lowest BCUT2D eigenvalue weighted by Gasteiger charge is -2.41. The zero-order valence-corrected chi connectivity index (χ0v) is 13.8. The highest BCUT2D eigenvalue weighted by Gasteiger charge is 2.33. The molecule has 2 aliphatic rings. The fraction of sp³-hybridized carbons (Fsp3) is 0.471. The number of rotatable bonds is 3. The molecule has 6 heteroatoms. The summed E-state index contributed by atoms with van der Waals surface area (Å²) < 4.78 is 0. The summed E-state index contributed by atoms with van der Waals surface area (Å²) in [6, 6.07) is 3.86. The molecule has 0 N–H and O–H groups in total. The van der Waals surface area contributed by atoms with Gasteiger partial charge in [-0.2, -0.15) is 0 Å². The number of nitrogens with zero attached hydrogens (tertiary/aromatic N) is 5. The standard InChI is InChI=1S/C17H20ClN5/c18-14-4-5-15(21-10-14)23-11-13(12-23)16-17(20-7-6-19-16)22-8-2-1-3-9-22/h4-7,10,13H,1-3,8-9,11-12H2. The van der Waals surface area contributed by atoms with Crippen LogP contribution in [0.15, 0.2) is 30.7 Å². The summed E-state index contributed by atoms with van der Waals surface area (Å²) in [5.41, 5.74) is 1.14. The summed E-state index contributed by atoms with van der Waals surface area (Å²) in [4.78, 5) is 18.3. The maximum Gasteiger partial charge on any atom is 0.150 e. The predicted octanol–water partition coefficient (Wildman–Crippen LogP) is 3.12. The summed E-state index contributed by atoms with van der Waals surface area (Å²) in [5, 5.41) is 0.673. The molecule has 0 bridgehead atoms. The molecule has 0 atom stereocenters. The molecular weight excluding hydrogens is 310 g/mol. The molecule has 120 valence electrons. The van der Waals surface area contributed by atoms with Crippen LogP contribution in [0.1, 0.15) is 30.9 Å². The van der Waals surface area contributed by atoms with Crippen LogP contribution in [-0.2, 0) is 0 Å². The SMILES string of the molecule is Clc1ccc(N2CC(c3nccnc3N3CCCCC3)C2)nc1. The Balaban J connectivity index is 1.48. The van der Waals surface area contributed by atoms with E-state index < -0.39 is 0 Å². The van der Waals surface area contributed by atoms with E-state index in [9.17, 15) is 0 Å². The van der Waals surface area contributed by atoms with Gasteiger partial charge in [-0.05, 0) is 31.4 Å². The third-order valence-corrected chi connectivity index (χ3v) is 4.89. The summed E-state index contributed by atoms with van der Waals surface area (Å²) in [7, 11) is 0. The lowest BCUT2D eigenvalue weighted by atomic mass is 9.95. The van der Waals surface area contributed by atoms with Gasteiger partial charge < -0.3 is 9.80 Å². The van der Waals surface area contributed by atoms with Crippen LogP contribution >= 0.6 is 11.6 Å². The molecule has 2 fully saturated rings. The second-order valence-corrected chi connectivity index (χ2v) is 6.69. The van der Waals surface area contributed by atoms with E-state index in [0.29, 0.717) is 10.9 Å². The molecule has 0 saturated carbocycles. The van der Waals surface area contributed by atoms with Crippen molar-refractivity contribution >= 4 is 23.2 Å². The van der Waals surface area contributed by atoms with Crippen LogP contribution in [0, 0.1) is 0 Å². The smallest absolute Gasteiger partial charge is 0.150 e. The van der Waals surface area contributed by atoms with Crippen molar-refractivity contribution in [1.29, 1.82) is 0 Å². The van der Waals surface area contributed by atoms with Crippen molar-refractivity contribution in [2.24, 2.45) is 0 Å². The molecular formula is C17H20ClN5. The zero-order chi connectivity index (χ0) is 15.6. The Bertz CT molecular complexity index is 663. The molecule has 2 aromatic rings. The molecule has 0 unspecified atom stereocenters. The summed E-state index contributed by atoms with van der Waals surface area (Å²) >= 11 is 5.90. The van der Waals surface area contributed by atoms with Gasteiger partial charge in [0, 0.05) is 50.7 Å². The van der Waals surface area contributed by atoms with Crippen molar-refractivity contribution in [2.75, 3.05) is 36.0 Å². The van der Waals surface area contributed by atoms with E-state index in [1.807, 2.05) is 24.5 Å². The first-order chi connectivity index (χ1) is 11.3. The highest BCUT2D eigenvalue weighted by Crippen LogP contribution is 2.34. The molecule has 4 heterocycles. The number of piperidine rings is 1. The lowest BCUT2D eigenvalue weighted by molar-refractivity contribution is 0.501. The number of hydrogen-bond acceptors (Lipinski definition) is 5. The van der Waals surface area contributed by atoms with Crippen LogP contribution in [0.25, 0.3) is 0 Å². The summed E-state index contributed by atoms with van der Waals surface area (Å²) in [5.74, 6) is 2.49. The first-order valence-corrected chi connectivity index (χ1v) is 8.61. The van der Waals surface area contributed by atoms with Crippen molar-refractivity contribution in [1.82, 2.24) is 15.0 Å². The van der Waals surface area contributed by atoms with Crippen molar-refractivity contribution in [3.63, 3.8) is 0 Å². The summed E-state index contributed by atoms with van der Waals surface area (Å²) in [6.07, 6.45) is 9.15. The maximum absolute atomic E-state index is 5.90. The quantitative estimate of drug-likeness (QED) is 0.865. The van der Waals surface area contributed by atoms with Gasteiger partial charge in [0.15, 0.2) is 5.82 Å². The Morgan fingerprint density at radius 1 is 0.913 bits per heavy atom. The zero-order valence-electron chi connectivity index (χ0n) is 13.0. The number of anilines is 2. The Kier molecular flexibility index (Phi) is 4.04. The molecule has 2 aliphatic heterocycles. The molecule has 2 saturated heterocycles. The first-order valence-electron chi connectivity index (χ1n) is 8.23. The number of aromatic nitrogens is 3. The Morgan fingerprint density at radius 2 is 1.70 bits per heavy atom. The first kappa shape index (κ1) is 14.7. The largest absolute Gasteiger partial charge is 0.355 e. The second kappa shape index (κ2) is 6.32. The van der Waals surface area contributed by atoms with E-state index >= 15 is 0 Å². The highest BCUT2D eigenvalue weighted by atomic mass is 35.5. The van der Waals surface area contributed by atoms with Crippen LogP contribution in [-0.4, -0.2) is 41.1 Å². The van der Waals surface area contributed by atoms with Crippen LogP contribution in [0.5, 0.6) is 0 Å². The number of halogens is 1. The van der Waals surface area contributed by atoms with E-state index in [4.69, 9.17) is 11.6 Å². The van der Waals surface area contributed by atoms with Crippen molar-refractivity contribution < 1.29 is 0 Å². The Hall–Kier alpha value is -1.88. The number of pyridine rings is 1. The van der Waals surface area contributed by atoms with Crippen molar-refractivity contribution in [3.05, 3.63) is 41.4 Å². The van der Waals surface area contributed by atoms with E-state index in [0.717, 1.165) is 43.5 Å². The molecule has 0 amide bonds. The molecule has 0 spiro atoms. The van der Waals surface area contributed by atoms with E-state index in [2.05, 4.69) is 24.8 Å². The van der Waals surface area contributed by atoms with Crippen molar-refractivity contribution in [3.8, 4) is 0 Å². The van der Waals surface area contributed by atoms with Crippen LogP contribution in [0.4, 0.5) is 11.6 Å². The molecule has 0 radical (unpaired) electrons.